The number of hydrogen-bond donors (Lipinski definition) is 2. The second kappa shape index (κ2) is 5.07. The number of hydrogen-bond acceptors (Lipinski definition) is 3. The Bertz CT molecular complexity index is 373. The molecule has 0 spiro atoms. The second-order valence-electron chi connectivity index (χ2n) is 4.20. The van der Waals surface area contributed by atoms with E-state index >= 15 is 0 Å². The predicted octanol–water partition coefficient (Wildman–Crippen LogP) is 1.81. The Morgan fingerprint density at radius 1 is 1.50 bits per heavy atom. The molecule has 0 aliphatic heterocycles. The van der Waals surface area contributed by atoms with Crippen LogP contribution < -0.4 is 5.32 Å². The molecular formula is C12H16N2O2. The maximum absolute atomic E-state index is 11.0. The molecule has 1 aromatic heterocycles. The first-order valence-corrected chi connectivity index (χ1v) is 5.67. The third-order valence-electron chi connectivity index (χ3n) is 3.08. The Kier molecular flexibility index (Phi) is 3.51. The van der Waals surface area contributed by atoms with Gasteiger partial charge in [0.1, 0.15) is 0 Å². The fourth-order valence-electron chi connectivity index (χ4n) is 2.15. The SMILES string of the molecule is O=C(O)c1cnccc1CNC1CCCC1. The van der Waals surface area contributed by atoms with Gasteiger partial charge in [0.05, 0.1) is 5.56 Å². The first-order chi connectivity index (χ1) is 7.77. The van der Waals surface area contributed by atoms with Crippen LogP contribution in [0.5, 0.6) is 0 Å². The topological polar surface area (TPSA) is 62.2 Å². The lowest BCUT2D eigenvalue weighted by Crippen LogP contribution is -2.26. The average Bonchev–Trinajstić information content (AvgIpc) is 2.79. The number of rotatable bonds is 4. The number of carboxylic acid groups (broad SMARTS) is 1. The summed E-state index contributed by atoms with van der Waals surface area (Å²) in [4.78, 5) is 14.8. The average molecular weight is 220 g/mol. The molecule has 1 heterocycles. The van der Waals surface area contributed by atoms with Crippen molar-refractivity contribution in [1.29, 1.82) is 0 Å². The van der Waals surface area contributed by atoms with E-state index < -0.39 is 5.97 Å². The Balaban J connectivity index is 2.00. The van der Waals surface area contributed by atoms with Gasteiger partial charge in [-0.1, -0.05) is 12.8 Å². The van der Waals surface area contributed by atoms with Gasteiger partial charge >= 0.3 is 5.97 Å². The first-order valence-electron chi connectivity index (χ1n) is 5.67. The lowest BCUT2D eigenvalue weighted by Gasteiger charge is -2.12. The number of nitrogens with zero attached hydrogens (tertiary/aromatic N) is 1. The Morgan fingerprint density at radius 3 is 2.94 bits per heavy atom. The van der Waals surface area contributed by atoms with Crippen LogP contribution in [0.25, 0.3) is 0 Å². The molecule has 0 aromatic carbocycles. The normalized spacial score (nSPS) is 16.5. The molecule has 0 bridgehead atoms. The van der Waals surface area contributed by atoms with Crippen LogP contribution in [-0.2, 0) is 6.54 Å². The lowest BCUT2D eigenvalue weighted by molar-refractivity contribution is 0.0695. The Labute approximate surface area is 94.7 Å². The van der Waals surface area contributed by atoms with Gasteiger partial charge in [-0.25, -0.2) is 4.79 Å². The van der Waals surface area contributed by atoms with Crippen molar-refractivity contribution in [3.8, 4) is 0 Å². The highest BCUT2D eigenvalue weighted by Gasteiger charge is 2.15. The molecule has 16 heavy (non-hydrogen) atoms. The van der Waals surface area contributed by atoms with Gasteiger partial charge < -0.3 is 10.4 Å². The molecule has 1 aliphatic carbocycles. The van der Waals surface area contributed by atoms with Crippen molar-refractivity contribution >= 4 is 5.97 Å². The van der Waals surface area contributed by atoms with Crippen LogP contribution in [0.15, 0.2) is 18.5 Å². The van der Waals surface area contributed by atoms with Gasteiger partial charge in [0.15, 0.2) is 0 Å². The minimum absolute atomic E-state index is 0.299. The summed E-state index contributed by atoms with van der Waals surface area (Å²) in [5.41, 5.74) is 1.11. The van der Waals surface area contributed by atoms with E-state index in [2.05, 4.69) is 10.3 Å². The second-order valence-corrected chi connectivity index (χ2v) is 4.20. The summed E-state index contributed by atoms with van der Waals surface area (Å²) < 4.78 is 0. The minimum atomic E-state index is -0.906. The van der Waals surface area contributed by atoms with Crippen molar-refractivity contribution in [3.63, 3.8) is 0 Å². The van der Waals surface area contributed by atoms with Gasteiger partial charge in [0, 0.05) is 25.0 Å². The highest BCUT2D eigenvalue weighted by atomic mass is 16.4. The van der Waals surface area contributed by atoms with E-state index in [9.17, 15) is 4.79 Å². The van der Waals surface area contributed by atoms with E-state index in [1.807, 2.05) is 0 Å². The summed E-state index contributed by atoms with van der Waals surface area (Å²) in [5.74, 6) is -0.906. The van der Waals surface area contributed by atoms with E-state index in [1.54, 1.807) is 12.3 Å². The van der Waals surface area contributed by atoms with Crippen LogP contribution in [0.4, 0.5) is 0 Å². The number of nitrogens with one attached hydrogen (secondary N) is 1. The van der Waals surface area contributed by atoms with E-state index in [0.29, 0.717) is 18.2 Å². The third kappa shape index (κ3) is 2.58. The number of carboxylic acids is 1. The summed E-state index contributed by atoms with van der Waals surface area (Å²) in [6.45, 7) is 0.620. The summed E-state index contributed by atoms with van der Waals surface area (Å²) in [7, 11) is 0. The molecule has 4 heteroatoms. The van der Waals surface area contributed by atoms with E-state index in [0.717, 1.165) is 5.56 Å². The zero-order valence-electron chi connectivity index (χ0n) is 9.15. The van der Waals surface area contributed by atoms with E-state index in [-0.39, 0.29) is 0 Å². The molecule has 86 valence electrons. The molecular weight excluding hydrogens is 204 g/mol. The summed E-state index contributed by atoms with van der Waals surface area (Å²) in [5, 5.41) is 12.4. The van der Waals surface area contributed by atoms with Crippen molar-refractivity contribution in [2.45, 2.75) is 38.3 Å². The quantitative estimate of drug-likeness (QED) is 0.812. The molecule has 1 aromatic rings. The summed E-state index contributed by atoms with van der Waals surface area (Å²) in [6, 6.07) is 2.32. The van der Waals surface area contributed by atoms with Crippen LogP contribution >= 0.6 is 0 Å². The van der Waals surface area contributed by atoms with Crippen molar-refractivity contribution in [2.75, 3.05) is 0 Å². The van der Waals surface area contributed by atoms with Gasteiger partial charge in [-0.3, -0.25) is 4.98 Å². The first kappa shape index (κ1) is 11.1. The molecule has 0 saturated heterocycles. The summed E-state index contributed by atoms with van der Waals surface area (Å²) >= 11 is 0. The molecule has 0 atom stereocenters. The predicted molar refractivity (Wildman–Crippen MR) is 60.3 cm³/mol. The Morgan fingerprint density at radius 2 is 2.25 bits per heavy atom. The van der Waals surface area contributed by atoms with Crippen molar-refractivity contribution in [1.82, 2.24) is 10.3 Å². The van der Waals surface area contributed by atoms with Crippen LogP contribution in [0.2, 0.25) is 0 Å². The van der Waals surface area contributed by atoms with Crippen LogP contribution in [0.1, 0.15) is 41.6 Å². The number of carbonyl (C=O) groups is 1. The van der Waals surface area contributed by atoms with Crippen LogP contribution in [-0.4, -0.2) is 22.1 Å². The van der Waals surface area contributed by atoms with E-state index in [4.69, 9.17) is 5.11 Å². The molecule has 1 aliphatic rings. The van der Waals surface area contributed by atoms with E-state index in [1.165, 1.54) is 31.9 Å². The molecule has 1 saturated carbocycles. The fraction of sp³-hybridized carbons (Fsp3) is 0.500. The standard InChI is InChI=1S/C12H16N2O2/c15-12(16)11-8-13-6-5-9(11)7-14-10-3-1-2-4-10/h5-6,8,10,14H,1-4,7H2,(H,15,16). The van der Waals surface area contributed by atoms with Crippen molar-refractivity contribution < 1.29 is 9.90 Å². The zero-order chi connectivity index (χ0) is 11.4. The van der Waals surface area contributed by atoms with Gasteiger partial charge in [0.2, 0.25) is 0 Å². The maximum Gasteiger partial charge on any atom is 0.337 e. The van der Waals surface area contributed by atoms with Crippen LogP contribution in [0, 0.1) is 0 Å². The molecule has 4 nitrogen and oxygen atoms in total. The van der Waals surface area contributed by atoms with Gasteiger partial charge in [-0.2, -0.15) is 0 Å². The minimum Gasteiger partial charge on any atom is -0.478 e. The largest absolute Gasteiger partial charge is 0.478 e. The van der Waals surface area contributed by atoms with Crippen molar-refractivity contribution in [3.05, 3.63) is 29.6 Å². The highest BCUT2D eigenvalue weighted by Crippen LogP contribution is 2.18. The molecule has 0 unspecified atom stereocenters. The third-order valence-corrected chi connectivity index (χ3v) is 3.08. The van der Waals surface area contributed by atoms with Gasteiger partial charge in [0.25, 0.3) is 0 Å². The fourth-order valence-corrected chi connectivity index (χ4v) is 2.15. The number of aromatic carboxylic acids is 1. The zero-order valence-corrected chi connectivity index (χ0v) is 9.15. The summed E-state index contributed by atoms with van der Waals surface area (Å²) in [6.07, 6.45) is 8.01. The molecule has 0 radical (unpaired) electrons. The Hall–Kier alpha value is -1.42. The molecule has 2 rings (SSSR count). The van der Waals surface area contributed by atoms with Gasteiger partial charge in [-0.15, -0.1) is 0 Å². The highest BCUT2D eigenvalue weighted by molar-refractivity contribution is 5.88. The number of aromatic nitrogens is 1. The van der Waals surface area contributed by atoms with Gasteiger partial charge in [-0.05, 0) is 24.5 Å². The monoisotopic (exact) mass is 220 g/mol. The van der Waals surface area contributed by atoms with Crippen molar-refractivity contribution in [2.24, 2.45) is 0 Å². The molecule has 1 fully saturated rings. The maximum atomic E-state index is 11.0. The molecule has 2 N–H and O–H groups in total. The molecule has 0 amide bonds. The smallest absolute Gasteiger partial charge is 0.337 e. The van der Waals surface area contributed by atoms with Crippen LogP contribution in [0.3, 0.4) is 0 Å². The lowest BCUT2D eigenvalue weighted by atomic mass is 10.1. The number of pyridine rings is 1.